The summed E-state index contributed by atoms with van der Waals surface area (Å²) in [6, 6.07) is 5.37. The third-order valence-electron chi connectivity index (χ3n) is 2.22. The van der Waals surface area contributed by atoms with Crippen molar-refractivity contribution in [1.29, 1.82) is 0 Å². The molecule has 1 aliphatic rings. The second-order valence-corrected chi connectivity index (χ2v) is 3.64. The van der Waals surface area contributed by atoms with Gasteiger partial charge in [-0.15, -0.1) is 0 Å². The van der Waals surface area contributed by atoms with Gasteiger partial charge in [0, 0.05) is 25.8 Å². The van der Waals surface area contributed by atoms with E-state index in [-0.39, 0.29) is 5.91 Å². The van der Waals surface area contributed by atoms with E-state index in [1.54, 1.807) is 17.0 Å². The number of benzene rings is 1. The van der Waals surface area contributed by atoms with Crippen molar-refractivity contribution in [2.45, 2.75) is 0 Å². The number of amides is 1. The smallest absolute Gasteiger partial charge is 0.255 e. The SMILES string of the molecule is CNc1ccc(C(=O)N2CC2)c(Cl)c1. The molecule has 1 aliphatic heterocycles. The predicted octanol–water partition coefficient (Wildman–Crippen LogP) is 1.84. The van der Waals surface area contributed by atoms with E-state index in [0.29, 0.717) is 10.6 Å². The van der Waals surface area contributed by atoms with Crippen molar-refractivity contribution in [3.8, 4) is 0 Å². The first-order valence-electron chi connectivity index (χ1n) is 4.49. The van der Waals surface area contributed by atoms with Gasteiger partial charge in [0.2, 0.25) is 0 Å². The molecule has 2 rings (SSSR count). The van der Waals surface area contributed by atoms with Crippen molar-refractivity contribution < 1.29 is 4.79 Å². The molecule has 0 atom stereocenters. The summed E-state index contributed by atoms with van der Waals surface area (Å²) in [5, 5.41) is 3.48. The first kappa shape index (κ1) is 9.34. The Bertz CT molecular complexity index is 374. The Balaban J connectivity index is 2.29. The van der Waals surface area contributed by atoms with Gasteiger partial charge in [-0.2, -0.15) is 0 Å². The minimum absolute atomic E-state index is 0.0256. The van der Waals surface area contributed by atoms with Crippen LogP contribution < -0.4 is 5.32 Å². The van der Waals surface area contributed by atoms with E-state index in [1.165, 1.54) is 0 Å². The van der Waals surface area contributed by atoms with E-state index >= 15 is 0 Å². The summed E-state index contributed by atoms with van der Waals surface area (Å²) in [6.07, 6.45) is 0. The molecular formula is C10H11ClN2O. The molecule has 1 aromatic rings. The van der Waals surface area contributed by atoms with Crippen molar-refractivity contribution in [2.24, 2.45) is 0 Å². The molecule has 1 fully saturated rings. The molecule has 0 spiro atoms. The van der Waals surface area contributed by atoms with Crippen LogP contribution in [0.1, 0.15) is 10.4 Å². The zero-order valence-corrected chi connectivity index (χ0v) is 8.64. The minimum Gasteiger partial charge on any atom is -0.388 e. The third kappa shape index (κ3) is 1.68. The van der Waals surface area contributed by atoms with E-state index in [1.807, 2.05) is 13.1 Å². The number of hydrogen-bond acceptors (Lipinski definition) is 2. The van der Waals surface area contributed by atoms with Crippen LogP contribution in [0.5, 0.6) is 0 Å². The molecule has 14 heavy (non-hydrogen) atoms. The maximum atomic E-state index is 11.6. The average Bonchev–Trinajstić information content (AvgIpc) is 3.00. The zero-order valence-electron chi connectivity index (χ0n) is 7.88. The van der Waals surface area contributed by atoms with Crippen LogP contribution >= 0.6 is 11.6 Å². The van der Waals surface area contributed by atoms with Crippen molar-refractivity contribution in [2.75, 3.05) is 25.5 Å². The standard InChI is InChI=1S/C10H11ClN2O/c1-12-7-2-3-8(9(11)6-7)10(14)13-4-5-13/h2-3,6,12H,4-5H2,1H3. The molecular weight excluding hydrogens is 200 g/mol. The molecule has 74 valence electrons. The zero-order chi connectivity index (χ0) is 10.1. The number of hydrogen-bond donors (Lipinski definition) is 1. The molecule has 0 bridgehead atoms. The van der Waals surface area contributed by atoms with Gasteiger partial charge < -0.3 is 10.2 Å². The molecule has 1 saturated heterocycles. The Hall–Kier alpha value is -1.22. The Morgan fingerprint density at radius 2 is 2.21 bits per heavy atom. The van der Waals surface area contributed by atoms with Gasteiger partial charge in [-0.25, -0.2) is 0 Å². The Kier molecular flexibility index (Phi) is 2.33. The lowest BCUT2D eigenvalue weighted by Crippen LogP contribution is -2.11. The molecule has 0 unspecified atom stereocenters. The monoisotopic (exact) mass is 210 g/mol. The van der Waals surface area contributed by atoms with Gasteiger partial charge in [0.15, 0.2) is 0 Å². The normalized spacial score (nSPS) is 14.0. The fraction of sp³-hybridized carbons (Fsp3) is 0.300. The van der Waals surface area contributed by atoms with Crippen LogP contribution in [0, 0.1) is 0 Å². The van der Waals surface area contributed by atoms with Crippen molar-refractivity contribution >= 4 is 23.2 Å². The third-order valence-corrected chi connectivity index (χ3v) is 2.54. The van der Waals surface area contributed by atoms with Crippen LogP contribution in [-0.4, -0.2) is 30.9 Å². The number of anilines is 1. The van der Waals surface area contributed by atoms with Gasteiger partial charge in [-0.3, -0.25) is 4.79 Å². The summed E-state index contributed by atoms with van der Waals surface area (Å²) >= 11 is 5.99. The quantitative estimate of drug-likeness (QED) is 0.756. The summed E-state index contributed by atoms with van der Waals surface area (Å²) in [7, 11) is 1.82. The van der Waals surface area contributed by atoms with E-state index in [9.17, 15) is 4.79 Å². The summed E-state index contributed by atoms with van der Waals surface area (Å²) in [5.41, 5.74) is 1.50. The number of halogens is 1. The highest BCUT2D eigenvalue weighted by Crippen LogP contribution is 2.23. The predicted molar refractivity (Wildman–Crippen MR) is 56.9 cm³/mol. The summed E-state index contributed by atoms with van der Waals surface area (Å²) in [5.74, 6) is 0.0256. The summed E-state index contributed by atoms with van der Waals surface area (Å²) < 4.78 is 0. The number of carbonyl (C=O) groups excluding carboxylic acids is 1. The van der Waals surface area contributed by atoms with E-state index in [0.717, 1.165) is 18.8 Å². The fourth-order valence-electron chi connectivity index (χ4n) is 1.27. The Morgan fingerprint density at radius 1 is 1.50 bits per heavy atom. The van der Waals surface area contributed by atoms with Crippen LogP contribution in [0.3, 0.4) is 0 Å². The molecule has 4 heteroatoms. The van der Waals surface area contributed by atoms with Crippen molar-refractivity contribution in [1.82, 2.24) is 4.90 Å². The second kappa shape index (κ2) is 3.50. The molecule has 1 amide bonds. The lowest BCUT2D eigenvalue weighted by atomic mass is 10.2. The van der Waals surface area contributed by atoms with Crippen LogP contribution in [-0.2, 0) is 0 Å². The number of nitrogens with one attached hydrogen (secondary N) is 1. The Labute approximate surface area is 87.7 Å². The molecule has 1 aromatic carbocycles. The van der Waals surface area contributed by atoms with E-state index in [2.05, 4.69) is 5.32 Å². The first-order chi connectivity index (χ1) is 6.72. The highest BCUT2D eigenvalue weighted by molar-refractivity contribution is 6.34. The summed E-state index contributed by atoms with van der Waals surface area (Å²) in [6.45, 7) is 1.70. The van der Waals surface area contributed by atoms with Crippen LogP contribution in [0.15, 0.2) is 18.2 Å². The highest BCUT2D eigenvalue weighted by atomic mass is 35.5. The maximum absolute atomic E-state index is 11.6. The van der Waals surface area contributed by atoms with Crippen LogP contribution in [0.4, 0.5) is 5.69 Å². The largest absolute Gasteiger partial charge is 0.388 e. The molecule has 1 heterocycles. The van der Waals surface area contributed by atoms with Gasteiger partial charge in [-0.1, -0.05) is 11.6 Å². The van der Waals surface area contributed by atoms with Crippen molar-refractivity contribution in [3.63, 3.8) is 0 Å². The van der Waals surface area contributed by atoms with E-state index < -0.39 is 0 Å². The molecule has 1 N–H and O–H groups in total. The molecule has 0 aliphatic carbocycles. The Morgan fingerprint density at radius 3 is 2.71 bits per heavy atom. The number of nitrogens with zero attached hydrogens (tertiary/aromatic N) is 1. The maximum Gasteiger partial charge on any atom is 0.255 e. The van der Waals surface area contributed by atoms with E-state index in [4.69, 9.17) is 11.6 Å². The topological polar surface area (TPSA) is 32.1 Å². The van der Waals surface area contributed by atoms with Gasteiger partial charge >= 0.3 is 0 Å². The van der Waals surface area contributed by atoms with Gasteiger partial charge in [0.25, 0.3) is 5.91 Å². The molecule has 0 aromatic heterocycles. The molecule has 0 radical (unpaired) electrons. The lowest BCUT2D eigenvalue weighted by molar-refractivity contribution is 0.0885. The first-order valence-corrected chi connectivity index (χ1v) is 4.87. The number of rotatable bonds is 2. The van der Waals surface area contributed by atoms with Gasteiger partial charge in [-0.05, 0) is 18.2 Å². The second-order valence-electron chi connectivity index (χ2n) is 3.24. The highest BCUT2D eigenvalue weighted by Gasteiger charge is 2.26. The van der Waals surface area contributed by atoms with Gasteiger partial charge in [0.1, 0.15) is 0 Å². The average molecular weight is 211 g/mol. The van der Waals surface area contributed by atoms with Crippen LogP contribution in [0.25, 0.3) is 0 Å². The lowest BCUT2D eigenvalue weighted by Gasteiger charge is -2.06. The molecule has 0 saturated carbocycles. The number of carbonyl (C=O) groups is 1. The minimum atomic E-state index is 0.0256. The van der Waals surface area contributed by atoms with Crippen molar-refractivity contribution in [3.05, 3.63) is 28.8 Å². The fourth-order valence-corrected chi connectivity index (χ4v) is 1.53. The van der Waals surface area contributed by atoms with Gasteiger partial charge in [0.05, 0.1) is 10.6 Å². The molecule has 3 nitrogen and oxygen atoms in total. The van der Waals surface area contributed by atoms with Crippen LogP contribution in [0.2, 0.25) is 5.02 Å². The summed E-state index contributed by atoms with van der Waals surface area (Å²) in [4.78, 5) is 13.4.